The highest BCUT2D eigenvalue weighted by molar-refractivity contribution is 7.92. The maximum atomic E-state index is 14.8. The van der Waals surface area contributed by atoms with Crippen LogP contribution in [0.25, 0.3) is 11.0 Å². The van der Waals surface area contributed by atoms with Gasteiger partial charge in [-0.15, -0.1) is 0 Å². The van der Waals surface area contributed by atoms with Crippen LogP contribution in [0, 0.1) is 23.5 Å². The minimum atomic E-state index is -4.48. The fraction of sp³-hybridized carbons (Fsp3) is 0.0500. The molecule has 0 atom stereocenters. The minimum Gasteiger partial charge on any atom is -0.494 e. The Morgan fingerprint density at radius 1 is 1.10 bits per heavy atom. The molecule has 0 amide bonds. The van der Waals surface area contributed by atoms with Gasteiger partial charge in [-0.05, 0) is 24.3 Å². The number of benzene rings is 1. The van der Waals surface area contributed by atoms with Gasteiger partial charge in [-0.25, -0.2) is 27.2 Å². The molecule has 0 bridgehead atoms. The Morgan fingerprint density at radius 3 is 2.74 bits per heavy atom. The zero-order chi connectivity index (χ0) is 22.0. The Kier molecular flexibility index (Phi) is 5.22. The molecule has 1 aromatic carbocycles. The quantitative estimate of drug-likeness (QED) is 0.472. The fourth-order valence-corrected chi connectivity index (χ4v) is 3.80. The number of pyridine rings is 2. The molecule has 4 aromatic rings. The normalized spacial score (nSPS) is 11.1. The van der Waals surface area contributed by atoms with Crippen molar-refractivity contribution in [1.29, 1.82) is 0 Å². The first-order valence-corrected chi connectivity index (χ1v) is 10.2. The highest BCUT2D eigenvalue weighted by Gasteiger charge is 2.24. The van der Waals surface area contributed by atoms with E-state index in [1.165, 1.54) is 37.7 Å². The highest BCUT2D eigenvalue weighted by atomic mass is 32.2. The number of nitrogens with zero attached hydrogens (tertiary/aromatic N) is 3. The van der Waals surface area contributed by atoms with Crippen LogP contribution >= 0.6 is 0 Å². The molecule has 0 fully saturated rings. The molecule has 156 valence electrons. The average molecular weight is 441 g/mol. The Balaban J connectivity index is 1.65. The number of aromatic nitrogens is 4. The third-order valence-electron chi connectivity index (χ3n) is 4.19. The third kappa shape index (κ3) is 4.01. The standard InChI is InChI=1S/C20H13F2N5O3S/c1-30-15-3-2-4-16(18(15)22)31(28,29)27-20-17(21)13(7-8-23-20)6-5-12-9-14-11-25-26-19(14)24-10-12/h2-4,7-11H,1H3,(H,23,27)(H,24,25,26). The second-order valence-electron chi connectivity index (χ2n) is 6.18. The van der Waals surface area contributed by atoms with Gasteiger partial charge in [0.1, 0.15) is 4.90 Å². The summed E-state index contributed by atoms with van der Waals surface area (Å²) in [7, 11) is -3.28. The van der Waals surface area contributed by atoms with E-state index in [0.717, 1.165) is 11.5 Å². The van der Waals surface area contributed by atoms with E-state index in [1.807, 2.05) is 4.72 Å². The van der Waals surface area contributed by atoms with Crippen molar-refractivity contribution in [3.63, 3.8) is 0 Å². The summed E-state index contributed by atoms with van der Waals surface area (Å²) in [4.78, 5) is 7.13. The van der Waals surface area contributed by atoms with Gasteiger partial charge in [0.05, 0.1) is 18.9 Å². The first-order valence-electron chi connectivity index (χ1n) is 8.70. The molecule has 0 saturated carbocycles. The molecule has 3 heterocycles. The van der Waals surface area contributed by atoms with Crippen molar-refractivity contribution < 1.29 is 21.9 Å². The summed E-state index contributed by atoms with van der Waals surface area (Å²) in [6.07, 6.45) is 4.25. The molecule has 0 saturated heterocycles. The molecular weight excluding hydrogens is 428 g/mol. The molecule has 0 aliphatic carbocycles. The fourth-order valence-electron chi connectivity index (χ4n) is 2.69. The first kappa shape index (κ1) is 20.2. The van der Waals surface area contributed by atoms with Crippen LogP contribution in [0.4, 0.5) is 14.6 Å². The molecule has 8 nitrogen and oxygen atoms in total. The Hall–Kier alpha value is -4.04. The topological polar surface area (TPSA) is 110 Å². The molecule has 0 spiro atoms. The van der Waals surface area contributed by atoms with Crippen LogP contribution in [0.5, 0.6) is 5.75 Å². The molecule has 0 aliphatic heterocycles. The van der Waals surface area contributed by atoms with Crippen LogP contribution in [0.3, 0.4) is 0 Å². The van der Waals surface area contributed by atoms with Crippen LogP contribution < -0.4 is 9.46 Å². The lowest BCUT2D eigenvalue weighted by Gasteiger charge is -2.11. The van der Waals surface area contributed by atoms with Crippen molar-refractivity contribution in [2.75, 3.05) is 11.8 Å². The Bertz CT molecular complexity index is 1460. The van der Waals surface area contributed by atoms with E-state index in [0.29, 0.717) is 11.2 Å². The third-order valence-corrected chi connectivity index (χ3v) is 5.55. The van der Waals surface area contributed by atoms with E-state index in [-0.39, 0.29) is 11.3 Å². The number of ether oxygens (including phenoxy) is 1. The van der Waals surface area contributed by atoms with Crippen LogP contribution in [-0.2, 0) is 10.0 Å². The predicted molar refractivity (Wildman–Crippen MR) is 108 cm³/mol. The summed E-state index contributed by atoms with van der Waals surface area (Å²) in [5, 5.41) is 7.30. The Morgan fingerprint density at radius 2 is 1.94 bits per heavy atom. The summed E-state index contributed by atoms with van der Waals surface area (Å²) in [5.74, 6) is 2.39. The van der Waals surface area contributed by atoms with Crippen LogP contribution in [0.15, 0.2) is 53.8 Å². The van der Waals surface area contributed by atoms with Gasteiger partial charge in [-0.2, -0.15) is 5.10 Å². The molecule has 11 heteroatoms. The van der Waals surface area contributed by atoms with Gasteiger partial charge in [-0.1, -0.05) is 17.9 Å². The predicted octanol–water partition coefficient (Wildman–Crippen LogP) is 2.84. The number of halogens is 2. The lowest BCUT2D eigenvalue weighted by Crippen LogP contribution is -2.17. The lowest BCUT2D eigenvalue weighted by atomic mass is 10.2. The van der Waals surface area contributed by atoms with Crippen LogP contribution in [0.2, 0.25) is 0 Å². The number of fused-ring (bicyclic) bond motifs is 1. The molecule has 0 aliphatic rings. The second kappa shape index (κ2) is 8.00. The maximum Gasteiger partial charge on any atom is 0.266 e. The van der Waals surface area contributed by atoms with Gasteiger partial charge in [-0.3, -0.25) is 9.82 Å². The highest BCUT2D eigenvalue weighted by Crippen LogP contribution is 2.26. The van der Waals surface area contributed by atoms with Crippen LogP contribution in [0.1, 0.15) is 11.1 Å². The molecule has 31 heavy (non-hydrogen) atoms. The molecule has 0 radical (unpaired) electrons. The zero-order valence-electron chi connectivity index (χ0n) is 15.8. The summed E-state index contributed by atoms with van der Waals surface area (Å²) in [6, 6.07) is 6.59. The van der Waals surface area contributed by atoms with Gasteiger partial charge < -0.3 is 4.74 Å². The van der Waals surface area contributed by atoms with Crippen molar-refractivity contribution in [2.24, 2.45) is 0 Å². The number of methoxy groups -OCH3 is 1. The molecular formula is C20H13F2N5O3S. The summed E-state index contributed by atoms with van der Waals surface area (Å²) < 4.78 is 61.1. The molecule has 0 unspecified atom stereocenters. The van der Waals surface area contributed by atoms with Gasteiger partial charge in [0.2, 0.25) is 0 Å². The van der Waals surface area contributed by atoms with Crippen molar-refractivity contribution in [3.8, 4) is 17.6 Å². The lowest BCUT2D eigenvalue weighted by molar-refractivity contribution is 0.380. The summed E-state index contributed by atoms with van der Waals surface area (Å²) >= 11 is 0. The van der Waals surface area contributed by atoms with E-state index < -0.39 is 32.4 Å². The number of nitrogens with one attached hydrogen (secondary N) is 2. The zero-order valence-corrected chi connectivity index (χ0v) is 16.7. The number of hydrogen-bond donors (Lipinski definition) is 2. The van der Waals surface area contributed by atoms with Gasteiger partial charge in [0.15, 0.2) is 28.8 Å². The largest absolute Gasteiger partial charge is 0.494 e. The first-order chi connectivity index (χ1) is 14.9. The molecule has 4 rings (SSSR count). The van der Waals surface area contributed by atoms with Gasteiger partial charge >= 0.3 is 0 Å². The van der Waals surface area contributed by atoms with Gasteiger partial charge in [0.25, 0.3) is 10.0 Å². The number of hydrogen-bond acceptors (Lipinski definition) is 6. The van der Waals surface area contributed by atoms with Crippen molar-refractivity contribution >= 4 is 26.9 Å². The maximum absolute atomic E-state index is 14.8. The smallest absolute Gasteiger partial charge is 0.266 e. The monoisotopic (exact) mass is 441 g/mol. The second-order valence-corrected chi connectivity index (χ2v) is 7.83. The number of anilines is 1. The van der Waals surface area contributed by atoms with E-state index in [4.69, 9.17) is 4.74 Å². The Labute approximate surface area is 175 Å². The van der Waals surface area contributed by atoms with E-state index in [1.54, 1.807) is 12.3 Å². The minimum absolute atomic E-state index is 0.105. The van der Waals surface area contributed by atoms with E-state index in [2.05, 4.69) is 32.0 Å². The number of H-pyrrole nitrogens is 1. The van der Waals surface area contributed by atoms with Crippen LogP contribution in [-0.4, -0.2) is 35.7 Å². The molecule has 2 N–H and O–H groups in total. The van der Waals surface area contributed by atoms with E-state index in [9.17, 15) is 17.2 Å². The molecule has 3 aromatic heterocycles. The van der Waals surface area contributed by atoms with Gasteiger partial charge in [0, 0.05) is 23.3 Å². The number of sulfonamides is 1. The van der Waals surface area contributed by atoms with Crippen molar-refractivity contribution in [3.05, 3.63) is 71.7 Å². The summed E-state index contributed by atoms with van der Waals surface area (Å²) in [6.45, 7) is 0. The number of aromatic amines is 1. The van der Waals surface area contributed by atoms with E-state index >= 15 is 0 Å². The average Bonchev–Trinajstić information content (AvgIpc) is 3.22. The summed E-state index contributed by atoms with van der Waals surface area (Å²) in [5.41, 5.74) is 0.985. The van der Waals surface area contributed by atoms with Crippen molar-refractivity contribution in [1.82, 2.24) is 20.2 Å². The SMILES string of the molecule is COc1cccc(S(=O)(=O)Nc2nccc(C#Cc3cnc4[nH]ncc4c3)c2F)c1F. The van der Waals surface area contributed by atoms with Crippen molar-refractivity contribution in [2.45, 2.75) is 4.90 Å². The number of rotatable bonds is 4.